The van der Waals surface area contributed by atoms with Crippen LogP contribution in [0.1, 0.15) is 32.6 Å². The van der Waals surface area contributed by atoms with Gasteiger partial charge in [-0.15, -0.1) is 6.58 Å². The first-order valence-corrected chi connectivity index (χ1v) is 7.01. The maximum absolute atomic E-state index is 12.3. The zero-order valence-corrected chi connectivity index (χ0v) is 12.2. The van der Waals surface area contributed by atoms with Gasteiger partial charge in [-0.3, -0.25) is 4.79 Å². The summed E-state index contributed by atoms with van der Waals surface area (Å²) in [5.74, 6) is -0.214. The summed E-state index contributed by atoms with van der Waals surface area (Å²) in [4.78, 5) is 24.0. The van der Waals surface area contributed by atoms with Gasteiger partial charge in [-0.2, -0.15) is 0 Å². The van der Waals surface area contributed by atoms with Gasteiger partial charge in [-0.05, 0) is 38.5 Å². The molecule has 0 bridgehead atoms. The molecule has 0 aliphatic heterocycles. The van der Waals surface area contributed by atoms with E-state index in [-0.39, 0.29) is 17.4 Å². The fourth-order valence-electron chi connectivity index (χ4n) is 3.77. The molecule has 0 aromatic heterocycles. The zero-order valence-electron chi connectivity index (χ0n) is 12.2. The minimum Gasteiger partial charge on any atom is -0.466 e. The van der Waals surface area contributed by atoms with Crippen molar-refractivity contribution < 1.29 is 19.1 Å². The summed E-state index contributed by atoms with van der Waals surface area (Å²) in [5.41, 5.74) is -0.305. The molecular formula is C16H22O4. The average molecular weight is 278 g/mol. The Kier molecular flexibility index (Phi) is 3.76. The SMILES string of the molecule is C=CCC1(C(=O)OCC)CC2CC2(C(=C)C(=O)OC)C1. The highest BCUT2D eigenvalue weighted by Gasteiger charge is 2.69. The molecule has 0 radical (unpaired) electrons. The standard InChI is InChI=1S/C16H22O4/c1-5-7-15(14(18)20-6-2)8-12-9-16(12,10-15)11(3)13(17)19-4/h5,12H,1,3,6-10H2,2,4H3. The third-order valence-electron chi connectivity index (χ3n) is 4.80. The van der Waals surface area contributed by atoms with Crippen molar-refractivity contribution in [1.82, 2.24) is 0 Å². The summed E-state index contributed by atoms with van der Waals surface area (Å²) in [6.45, 7) is 9.82. The lowest BCUT2D eigenvalue weighted by atomic mass is 9.76. The molecule has 0 saturated heterocycles. The molecule has 0 amide bonds. The molecule has 2 aliphatic rings. The summed E-state index contributed by atoms with van der Waals surface area (Å²) >= 11 is 0. The van der Waals surface area contributed by atoms with Gasteiger partial charge in [0.1, 0.15) is 0 Å². The molecule has 2 saturated carbocycles. The van der Waals surface area contributed by atoms with Gasteiger partial charge < -0.3 is 9.47 Å². The topological polar surface area (TPSA) is 52.6 Å². The van der Waals surface area contributed by atoms with E-state index in [2.05, 4.69) is 13.2 Å². The molecule has 4 heteroatoms. The van der Waals surface area contributed by atoms with Gasteiger partial charge in [-0.1, -0.05) is 12.7 Å². The second kappa shape index (κ2) is 5.08. The summed E-state index contributed by atoms with van der Waals surface area (Å²) < 4.78 is 10.0. The van der Waals surface area contributed by atoms with Gasteiger partial charge in [0, 0.05) is 11.0 Å². The molecule has 0 heterocycles. The predicted octanol–water partition coefficient (Wildman–Crippen LogP) is 2.64. The van der Waals surface area contributed by atoms with Crippen LogP contribution in [-0.4, -0.2) is 25.7 Å². The molecular weight excluding hydrogens is 256 g/mol. The van der Waals surface area contributed by atoms with Gasteiger partial charge in [0.05, 0.1) is 19.1 Å². The van der Waals surface area contributed by atoms with Gasteiger partial charge in [0.15, 0.2) is 0 Å². The zero-order chi connectivity index (χ0) is 15.0. The number of ether oxygens (including phenoxy) is 2. The molecule has 3 atom stereocenters. The van der Waals surface area contributed by atoms with E-state index in [1.807, 2.05) is 0 Å². The Hall–Kier alpha value is -1.58. The average Bonchev–Trinajstić information content (AvgIpc) is 3.01. The van der Waals surface area contributed by atoms with E-state index < -0.39 is 5.41 Å². The molecule has 20 heavy (non-hydrogen) atoms. The van der Waals surface area contributed by atoms with E-state index in [1.54, 1.807) is 13.0 Å². The van der Waals surface area contributed by atoms with Crippen LogP contribution in [0.15, 0.2) is 24.8 Å². The van der Waals surface area contributed by atoms with E-state index >= 15 is 0 Å². The first-order valence-electron chi connectivity index (χ1n) is 7.01. The van der Waals surface area contributed by atoms with Crippen LogP contribution in [0.25, 0.3) is 0 Å². The Morgan fingerprint density at radius 3 is 2.65 bits per heavy atom. The number of methoxy groups -OCH3 is 1. The number of hydrogen-bond acceptors (Lipinski definition) is 4. The molecule has 0 N–H and O–H groups in total. The number of carbonyl (C=O) groups excluding carboxylic acids is 2. The highest BCUT2D eigenvalue weighted by atomic mass is 16.5. The van der Waals surface area contributed by atoms with Crippen LogP contribution in [-0.2, 0) is 19.1 Å². The molecule has 2 aliphatic carbocycles. The lowest BCUT2D eigenvalue weighted by Crippen LogP contribution is -2.33. The van der Waals surface area contributed by atoms with Crippen LogP contribution in [0.4, 0.5) is 0 Å². The highest BCUT2D eigenvalue weighted by Crippen LogP contribution is 2.73. The number of fused-ring (bicyclic) bond motifs is 1. The largest absolute Gasteiger partial charge is 0.466 e. The molecule has 0 aromatic carbocycles. The number of allylic oxidation sites excluding steroid dienone is 1. The first-order chi connectivity index (χ1) is 9.45. The van der Waals surface area contributed by atoms with Crippen molar-refractivity contribution >= 4 is 11.9 Å². The first kappa shape index (κ1) is 14.8. The molecule has 0 spiro atoms. The third-order valence-corrected chi connectivity index (χ3v) is 4.80. The van der Waals surface area contributed by atoms with Gasteiger partial charge in [0.2, 0.25) is 0 Å². The highest BCUT2D eigenvalue weighted by molar-refractivity contribution is 5.91. The van der Waals surface area contributed by atoms with Crippen molar-refractivity contribution in [3.8, 4) is 0 Å². The Labute approximate surface area is 119 Å². The number of carbonyl (C=O) groups is 2. The summed E-state index contributed by atoms with van der Waals surface area (Å²) in [6.07, 6.45) is 4.62. The maximum atomic E-state index is 12.3. The van der Waals surface area contributed by atoms with Crippen molar-refractivity contribution in [3.63, 3.8) is 0 Å². The smallest absolute Gasteiger partial charge is 0.333 e. The molecule has 3 unspecified atom stereocenters. The number of rotatable bonds is 6. The fourth-order valence-corrected chi connectivity index (χ4v) is 3.77. The fraction of sp³-hybridized carbons (Fsp3) is 0.625. The minimum absolute atomic E-state index is 0.177. The van der Waals surface area contributed by atoms with Gasteiger partial charge in [0.25, 0.3) is 0 Å². The Bertz CT molecular complexity index is 467. The van der Waals surface area contributed by atoms with Crippen LogP contribution >= 0.6 is 0 Å². The number of hydrogen-bond donors (Lipinski definition) is 0. The third kappa shape index (κ3) is 2.07. The van der Waals surface area contributed by atoms with E-state index in [4.69, 9.17) is 9.47 Å². The molecule has 2 rings (SSSR count). The maximum Gasteiger partial charge on any atom is 0.333 e. The van der Waals surface area contributed by atoms with Crippen molar-refractivity contribution in [2.45, 2.75) is 32.6 Å². The van der Waals surface area contributed by atoms with Crippen LogP contribution < -0.4 is 0 Å². The van der Waals surface area contributed by atoms with E-state index in [9.17, 15) is 9.59 Å². The van der Waals surface area contributed by atoms with E-state index in [0.29, 0.717) is 30.9 Å². The van der Waals surface area contributed by atoms with E-state index in [1.165, 1.54) is 7.11 Å². The lowest BCUT2D eigenvalue weighted by Gasteiger charge is -2.29. The predicted molar refractivity (Wildman–Crippen MR) is 74.8 cm³/mol. The van der Waals surface area contributed by atoms with Crippen molar-refractivity contribution in [3.05, 3.63) is 24.8 Å². The minimum atomic E-state index is -0.544. The summed E-state index contributed by atoms with van der Waals surface area (Å²) in [5, 5.41) is 0. The number of esters is 2. The monoisotopic (exact) mass is 278 g/mol. The van der Waals surface area contributed by atoms with Gasteiger partial charge >= 0.3 is 11.9 Å². The lowest BCUT2D eigenvalue weighted by molar-refractivity contribution is -0.156. The Balaban J connectivity index is 2.21. The van der Waals surface area contributed by atoms with E-state index in [0.717, 1.165) is 12.8 Å². The molecule has 110 valence electrons. The van der Waals surface area contributed by atoms with Crippen LogP contribution in [0.3, 0.4) is 0 Å². The van der Waals surface area contributed by atoms with Crippen LogP contribution in [0.2, 0.25) is 0 Å². The van der Waals surface area contributed by atoms with Crippen molar-refractivity contribution in [2.75, 3.05) is 13.7 Å². The Morgan fingerprint density at radius 2 is 2.10 bits per heavy atom. The molecule has 2 fully saturated rings. The quantitative estimate of drug-likeness (QED) is 0.426. The molecule has 0 aromatic rings. The van der Waals surface area contributed by atoms with Gasteiger partial charge in [-0.25, -0.2) is 4.79 Å². The summed E-state index contributed by atoms with van der Waals surface area (Å²) in [7, 11) is 1.36. The van der Waals surface area contributed by atoms with Crippen molar-refractivity contribution in [2.24, 2.45) is 16.7 Å². The van der Waals surface area contributed by atoms with Crippen molar-refractivity contribution in [1.29, 1.82) is 0 Å². The Morgan fingerprint density at radius 1 is 1.40 bits per heavy atom. The summed E-state index contributed by atoms with van der Waals surface area (Å²) in [6, 6.07) is 0. The normalized spacial score (nSPS) is 34.0. The van der Waals surface area contributed by atoms with Crippen LogP contribution in [0, 0.1) is 16.7 Å². The van der Waals surface area contributed by atoms with Crippen LogP contribution in [0.5, 0.6) is 0 Å². The second-order valence-corrected chi connectivity index (χ2v) is 5.90. The second-order valence-electron chi connectivity index (χ2n) is 5.90. The molecule has 4 nitrogen and oxygen atoms in total.